The predicted octanol–water partition coefficient (Wildman–Crippen LogP) is 1.49. The van der Waals surface area contributed by atoms with Gasteiger partial charge in [-0.25, -0.2) is 0 Å². The Balaban J connectivity index is 1.96. The summed E-state index contributed by atoms with van der Waals surface area (Å²) in [6, 6.07) is 1.43. The lowest BCUT2D eigenvalue weighted by Crippen LogP contribution is -2.48. The molecule has 0 amide bonds. The van der Waals surface area contributed by atoms with Crippen LogP contribution in [0.1, 0.15) is 32.6 Å². The van der Waals surface area contributed by atoms with Crippen molar-refractivity contribution in [3.63, 3.8) is 0 Å². The van der Waals surface area contributed by atoms with Crippen LogP contribution < -0.4 is 5.32 Å². The fraction of sp³-hybridized carbons (Fsp3) is 1.00. The standard InChI is InChI=1S/C13H26N2O/c1-3-8-15(12-6-7-14-9-12)13(10-16-2)11-4-5-11/h11-14H,3-10H2,1-2H3. The minimum atomic E-state index is 0.676. The first kappa shape index (κ1) is 12.3. The molecule has 0 spiro atoms. The average Bonchev–Trinajstić information content (AvgIpc) is 2.99. The van der Waals surface area contributed by atoms with E-state index in [-0.39, 0.29) is 0 Å². The van der Waals surface area contributed by atoms with Crippen LogP contribution in [0.25, 0.3) is 0 Å². The Labute approximate surface area is 99.5 Å². The zero-order valence-corrected chi connectivity index (χ0v) is 10.7. The van der Waals surface area contributed by atoms with E-state index in [2.05, 4.69) is 17.1 Å². The lowest BCUT2D eigenvalue weighted by Gasteiger charge is -2.36. The first-order chi connectivity index (χ1) is 7.86. The number of methoxy groups -OCH3 is 1. The van der Waals surface area contributed by atoms with Crippen LogP contribution in [0, 0.1) is 5.92 Å². The monoisotopic (exact) mass is 226 g/mol. The maximum atomic E-state index is 5.43. The number of nitrogens with one attached hydrogen (secondary N) is 1. The second-order valence-electron chi connectivity index (χ2n) is 5.24. The van der Waals surface area contributed by atoms with Gasteiger partial charge in [-0.15, -0.1) is 0 Å². The maximum Gasteiger partial charge on any atom is 0.0620 e. The summed E-state index contributed by atoms with van der Waals surface area (Å²) in [4.78, 5) is 2.72. The van der Waals surface area contributed by atoms with Crippen molar-refractivity contribution in [2.75, 3.05) is 33.4 Å². The Morgan fingerprint density at radius 2 is 2.19 bits per heavy atom. The molecule has 1 heterocycles. The highest BCUT2D eigenvalue weighted by molar-refractivity contribution is 4.93. The number of ether oxygens (including phenoxy) is 1. The van der Waals surface area contributed by atoms with Crippen LogP contribution in [0.2, 0.25) is 0 Å². The summed E-state index contributed by atoms with van der Waals surface area (Å²) in [5, 5.41) is 3.49. The zero-order chi connectivity index (χ0) is 11.4. The van der Waals surface area contributed by atoms with Gasteiger partial charge in [0, 0.05) is 25.7 Å². The van der Waals surface area contributed by atoms with Gasteiger partial charge in [0.25, 0.3) is 0 Å². The maximum absolute atomic E-state index is 5.43. The van der Waals surface area contributed by atoms with Crippen molar-refractivity contribution in [3.8, 4) is 0 Å². The fourth-order valence-corrected chi connectivity index (χ4v) is 2.95. The van der Waals surface area contributed by atoms with Crippen molar-refractivity contribution in [1.82, 2.24) is 10.2 Å². The van der Waals surface area contributed by atoms with E-state index in [1.165, 1.54) is 45.3 Å². The average molecular weight is 226 g/mol. The molecule has 0 aromatic heterocycles. The Morgan fingerprint density at radius 3 is 2.69 bits per heavy atom. The molecule has 2 unspecified atom stereocenters. The molecular formula is C13H26N2O. The molecule has 0 bridgehead atoms. The van der Waals surface area contributed by atoms with Crippen LogP contribution in [0.3, 0.4) is 0 Å². The summed E-state index contributed by atoms with van der Waals surface area (Å²) in [6.07, 6.45) is 5.39. The van der Waals surface area contributed by atoms with E-state index in [9.17, 15) is 0 Å². The second kappa shape index (κ2) is 5.99. The third-order valence-electron chi connectivity index (χ3n) is 3.91. The van der Waals surface area contributed by atoms with E-state index in [0.717, 1.165) is 18.6 Å². The van der Waals surface area contributed by atoms with Crippen molar-refractivity contribution in [2.45, 2.75) is 44.7 Å². The van der Waals surface area contributed by atoms with Crippen molar-refractivity contribution >= 4 is 0 Å². The van der Waals surface area contributed by atoms with Crippen LogP contribution in [-0.2, 0) is 4.74 Å². The van der Waals surface area contributed by atoms with Crippen molar-refractivity contribution in [1.29, 1.82) is 0 Å². The number of hydrogen-bond acceptors (Lipinski definition) is 3. The molecule has 2 rings (SSSR count). The lowest BCUT2D eigenvalue weighted by atomic mass is 10.1. The molecule has 1 saturated heterocycles. The number of nitrogens with zero attached hydrogens (tertiary/aromatic N) is 1. The van der Waals surface area contributed by atoms with Gasteiger partial charge in [-0.2, -0.15) is 0 Å². The SMILES string of the molecule is CCCN(C1CCNC1)C(COC)C1CC1. The quantitative estimate of drug-likeness (QED) is 0.712. The fourth-order valence-electron chi connectivity index (χ4n) is 2.95. The minimum Gasteiger partial charge on any atom is -0.383 e. The molecule has 3 heteroatoms. The summed E-state index contributed by atoms with van der Waals surface area (Å²) >= 11 is 0. The van der Waals surface area contributed by atoms with Crippen LogP contribution in [0.15, 0.2) is 0 Å². The first-order valence-corrected chi connectivity index (χ1v) is 6.82. The molecule has 16 heavy (non-hydrogen) atoms. The Kier molecular flexibility index (Phi) is 4.62. The van der Waals surface area contributed by atoms with E-state index >= 15 is 0 Å². The molecule has 1 aliphatic heterocycles. The highest BCUT2D eigenvalue weighted by Gasteiger charge is 2.38. The Bertz CT molecular complexity index is 200. The van der Waals surface area contributed by atoms with E-state index in [0.29, 0.717) is 6.04 Å². The van der Waals surface area contributed by atoms with Gasteiger partial charge in [0.2, 0.25) is 0 Å². The first-order valence-electron chi connectivity index (χ1n) is 6.82. The topological polar surface area (TPSA) is 24.5 Å². The molecular weight excluding hydrogens is 200 g/mol. The molecule has 0 aromatic rings. The Morgan fingerprint density at radius 1 is 1.38 bits per heavy atom. The zero-order valence-electron chi connectivity index (χ0n) is 10.7. The molecule has 2 aliphatic rings. The molecule has 1 aliphatic carbocycles. The molecule has 0 aromatic carbocycles. The molecule has 2 fully saturated rings. The van der Waals surface area contributed by atoms with Crippen LogP contribution >= 0.6 is 0 Å². The van der Waals surface area contributed by atoms with Crippen molar-refractivity contribution in [2.24, 2.45) is 5.92 Å². The predicted molar refractivity (Wildman–Crippen MR) is 66.7 cm³/mol. The lowest BCUT2D eigenvalue weighted by molar-refractivity contribution is 0.0533. The summed E-state index contributed by atoms with van der Waals surface area (Å²) in [7, 11) is 1.84. The third-order valence-corrected chi connectivity index (χ3v) is 3.91. The van der Waals surface area contributed by atoms with Gasteiger partial charge in [-0.1, -0.05) is 6.92 Å². The molecule has 94 valence electrons. The smallest absolute Gasteiger partial charge is 0.0620 e. The minimum absolute atomic E-state index is 0.676. The largest absolute Gasteiger partial charge is 0.383 e. The normalized spacial score (nSPS) is 27.6. The van der Waals surface area contributed by atoms with Gasteiger partial charge in [-0.05, 0) is 44.7 Å². The summed E-state index contributed by atoms with van der Waals surface area (Å²) in [6.45, 7) is 6.80. The summed E-state index contributed by atoms with van der Waals surface area (Å²) in [5.41, 5.74) is 0. The van der Waals surface area contributed by atoms with Gasteiger partial charge in [-0.3, -0.25) is 4.90 Å². The summed E-state index contributed by atoms with van der Waals surface area (Å²) < 4.78 is 5.43. The second-order valence-corrected chi connectivity index (χ2v) is 5.24. The van der Waals surface area contributed by atoms with E-state index in [4.69, 9.17) is 4.74 Å². The molecule has 3 nitrogen and oxygen atoms in total. The van der Waals surface area contributed by atoms with Crippen LogP contribution in [0.5, 0.6) is 0 Å². The van der Waals surface area contributed by atoms with Gasteiger partial charge in [0.1, 0.15) is 0 Å². The number of hydrogen-bond donors (Lipinski definition) is 1. The van der Waals surface area contributed by atoms with Gasteiger partial charge in [0.15, 0.2) is 0 Å². The number of rotatable bonds is 7. The van der Waals surface area contributed by atoms with E-state index < -0.39 is 0 Å². The highest BCUT2D eigenvalue weighted by Crippen LogP contribution is 2.36. The van der Waals surface area contributed by atoms with E-state index in [1.54, 1.807) is 0 Å². The van der Waals surface area contributed by atoms with Gasteiger partial charge in [0.05, 0.1) is 6.61 Å². The third kappa shape index (κ3) is 2.96. The van der Waals surface area contributed by atoms with Gasteiger partial charge >= 0.3 is 0 Å². The molecule has 1 saturated carbocycles. The van der Waals surface area contributed by atoms with Crippen molar-refractivity contribution in [3.05, 3.63) is 0 Å². The molecule has 1 N–H and O–H groups in total. The Hall–Kier alpha value is -0.120. The van der Waals surface area contributed by atoms with Crippen LogP contribution in [-0.4, -0.2) is 50.3 Å². The van der Waals surface area contributed by atoms with Gasteiger partial charge < -0.3 is 10.1 Å². The van der Waals surface area contributed by atoms with E-state index in [1.807, 2.05) is 7.11 Å². The molecule has 0 radical (unpaired) electrons. The van der Waals surface area contributed by atoms with Crippen LogP contribution in [0.4, 0.5) is 0 Å². The highest BCUT2D eigenvalue weighted by atomic mass is 16.5. The summed E-state index contributed by atoms with van der Waals surface area (Å²) in [5.74, 6) is 0.909. The molecule has 2 atom stereocenters. The van der Waals surface area contributed by atoms with Crippen molar-refractivity contribution < 1.29 is 4.74 Å².